The van der Waals surface area contributed by atoms with E-state index in [-0.39, 0.29) is 11.5 Å². The minimum absolute atomic E-state index is 0.0408. The first-order chi connectivity index (χ1) is 7.58. The number of carbonyl (C=O) groups is 1. The molecular formula is C11H13ClO3S. The van der Waals surface area contributed by atoms with Crippen molar-refractivity contribution in [2.24, 2.45) is 0 Å². The topological polar surface area (TPSA) is 43.4 Å². The van der Waals surface area contributed by atoms with Crippen LogP contribution in [0.3, 0.4) is 0 Å². The van der Waals surface area contributed by atoms with Crippen LogP contribution in [0.5, 0.6) is 5.75 Å². The normalized spacial score (nSPS) is 12.2. The molecule has 0 aliphatic rings. The van der Waals surface area contributed by atoms with E-state index >= 15 is 0 Å². The lowest BCUT2D eigenvalue weighted by Gasteiger charge is -2.05. The van der Waals surface area contributed by atoms with E-state index < -0.39 is 10.8 Å². The molecule has 0 aromatic heterocycles. The molecule has 0 amide bonds. The Kier molecular flexibility index (Phi) is 4.96. The zero-order chi connectivity index (χ0) is 12.1. The highest BCUT2D eigenvalue weighted by atomic mass is 35.5. The van der Waals surface area contributed by atoms with E-state index in [2.05, 4.69) is 0 Å². The third kappa shape index (κ3) is 3.32. The summed E-state index contributed by atoms with van der Waals surface area (Å²) in [5.74, 6) is 0.883. The van der Waals surface area contributed by atoms with Crippen molar-refractivity contribution >= 4 is 28.2 Å². The Morgan fingerprint density at radius 1 is 1.50 bits per heavy atom. The zero-order valence-corrected chi connectivity index (χ0v) is 10.7. The van der Waals surface area contributed by atoms with E-state index in [0.29, 0.717) is 22.1 Å². The first-order valence-electron chi connectivity index (χ1n) is 4.80. The molecule has 1 aromatic carbocycles. The second-order valence-corrected chi connectivity index (χ2v) is 5.30. The van der Waals surface area contributed by atoms with Crippen molar-refractivity contribution in [1.29, 1.82) is 0 Å². The summed E-state index contributed by atoms with van der Waals surface area (Å²) in [4.78, 5) is 11.7. The summed E-state index contributed by atoms with van der Waals surface area (Å²) in [5.41, 5.74) is 0.465. The number of benzene rings is 1. The number of methoxy groups -OCH3 is 1. The van der Waals surface area contributed by atoms with Crippen molar-refractivity contribution in [1.82, 2.24) is 0 Å². The highest BCUT2D eigenvalue weighted by Crippen LogP contribution is 2.25. The third-order valence-corrected chi connectivity index (χ3v) is 3.61. The van der Waals surface area contributed by atoms with Crippen LogP contribution in [-0.4, -0.2) is 28.6 Å². The molecule has 0 aliphatic carbocycles. The summed E-state index contributed by atoms with van der Waals surface area (Å²) in [7, 11) is 0.414. The first kappa shape index (κ1) is 13.2. The van der Waals surface area contributed by atoms with Gasteiger partial charge in [0.1, 0.15) is 5.75 Å². The van der Waals surface area contributed by atoms with Crippen LogP contribution in [-0.2, 0) is 10.8 Å². The number of ketones is 1. The first-order valence-corrected chi connectivity index (χ1v) is 6.66. The molecule has 5 heteroatoms. The van der Waals surface area contributed by atoms with Crippen molar-refractivity contribution in [2.75, 3.05) is 18.6 Å². The molecule has 3 nitrogen and oxygen atoms in total. The van der Waals surface area contributed by atoms with Crippen molar-refractivity contribution in [3.05, 3.63) is 28.8 Å². The van der Waals surface area contributed by atoms with Gasteiger partial charge < -0.3 is 4.74 Å². The Balaban J connectivity index is 2.85. The number of Topliss-reactive ketones (excluding diaryl/α,β-unsaturated/α-hetero) is 1. The summed E-state index contributed by atoms with van der Waals surface area (Å²) >= 11 is 5.89. The fourth-order valence-corrected chi connectivity index (χ4v) is 2.09. The summed E-state index contributed by atoms with van der Waals surface area (Å²) in [6.45, 7) is 1.78. The summed E-state index contributed by atoms with van der Waals surface area (Å²) < 4.78 is 16.2. The average molecular weight is 261 g/mol. The van der Waals surface area contributed by atoms with E-state index in [0.717, 1.165) is 0 Å². The smallest absolute Gasteiger partial charge is 0.175 e. The molecule has 0 aliphatic heterocycles. The number of hydrogen-bond acceptors (Lipinski definition) is 3. The largest absolute Gasteiger partial charge is 0.495 e. The Hall–Kier alpha value is -0.870. The fraction of sp³-hybridized carbons (Fsp3) is 0.364. The number of hydrogen-bond donors (Lipinski definition) is 0. The van der Waals surface area contributed by atoms with Crippen molar-refractivity contribution < 1.29 is 13.7 Å². The van der Waals surface area contributed by atoms with Gasteiger partial charge in [-0.3, -0.25) is 9.00 Å². The molecule has 1 atom stereocenters. The molecule has 0 bridgehead atoms. The molecule has 0 heterocycles. The molecule has 1 unspecified atom stereocenters. The number of rotatable bonds is 5. The van der Waals surface area contributed by atoms with Gasteiger partial charge in [-0.25, -0.2) is 0 Å². The van der Waals surface area contributed by atoms with Gasteiger partial charge in [0.05, 0.1) is 17.9 Å². The van der Waals surface area contributed by atoms with Gasteiger partial charge in [0, 0.05) is 22.1 Å². The third-order valence-electron chi connectivity index (χ3n) is 2.09. The molecule has 16 heavy (non-hydrogen) atoms. The maximum atomic E-state index is 11.7. The minimum Gasteiger partial charge on any atom is -0.495 e. The van der Waals surface area contributed by atoms with Crippen LogP contribution in [0.15, 0.2) is 18.2 Å². The maximum absolute atomic E-state index is 11.7. The second-order valence-electron chi connectivity index (χ2n) is 3.15. The predicted molar refractivity (Wildman–Crippen MR) is 65.9 cm³/mol. The van der Waals surface area contributed by atoms with E-state index in [4.69, 9.17) is 16.3 Å². The van der Waals surface area contributed by atoms with Gasteiger partial charge in [0.25, 0.3) is 0 Å². The van der Waals surface area contributed by atoms with E-state index in [1.54, 1.807) is 19.1 Å². The SMILES string of the molecule is CCS(=O)CC(=O)c1ccc(OC)c(Cl)c1. The monoisotopic (exact) mass is 260 g/mol. The van der Waals surface area contributed by atoms with Crippen LogP contribution in [0.25, 0.3) is 0 Å². The second kappa shape index (κ2) is 6.01. The molecule has 1 rings (SSSR count). The molecule has 1 aromatic rings. The highest BCUT2D eigenvalue weighted by Gasteiger charge is 2.11. The van der Waals surface area contributed by atoms with Gasteiger partial charge in [-0.2, -0.15) is 0 Å². The predicted octanol–water partition coefficient (Wildman–Crippen LogP) is 2.30. The van der Waals surface area contributed by atoms with Gasteiger partial charge in [0.15, 0.2) is 5.78 Å². The molecule has 0 spiro atoms. The number of carbonyl (C=O) groups excluding carboxylic acids is 1. The highest BCUT2D eigenvalue weighted by molar-refractivity contribution is 7.85. The van der Waals surface area contributed by atoms with E-state index in [9.17, 15) is 9.00 Å². The lowest BCUT2D eigenvalue weighted by atomic mass is 10.1. The van der Waals surface area contributed by atoms with Crippen LogP contribution in [0.1, 0.15) is 17.3 Å². The van der Waals surface area contributed by atoms with Crippen LogP contribution in [0.2, 0.25) is 5.02 Å². The van der Waals surface area contributed by atoms with Crippen LogP contribution < -0.4 is 4.74 Å². The Labute approximate surface area is 102 Å². The summed E-state index contributed by atoms with van der Waals surface area (Å²) in [6, 6.07) is 4.79. The molecule has 88 valence electrons. The lowest BCUT2D eigenvalue weighted by Crippen LogP contribution is -2.12. The molecule has 0 N–H and O–H groups in total. The zero-order valence-electron chi connectivity index (χ0n) is 9.16. The maximum Gasteiger partial charge on any atom is 0.175 e. The average Bonchev–Trinajstić information content (AvgIpc) is 2.28. The molecular weight excluding hydrogens is 248 g/mol. The standard InChI is InChI=1S/C11H13ClO3S/c1-3-16(14)7-10(13)8-4-5-11(15-2)9(12)6-8/h4-6H,3,7H2,1-2H3. The Morgan fingerprint density at radius 3 is 2.69 bits per heavy atom. The minimum atomic E-state index is -1.10. The summed E-state index contributed by atoms with van der Waals surface area (Å²) in [5, 5.41) is 0.385. The van der Waals surface area contributed by atoms with Crippen molar-refractivity contribution in [3.8, 4) is 5.75 Å². The molecule has 0 saturated carbocycles. The summed E-state index contributed by atoms with van der Waals surface area (Å²) in [6.07, 6.45) is 0. The van der Waals surface area contributed by atoms with E-state index in [1.165, 1.54) is 13.2 Å². The van der Waals surface area contributed by atoms with Gasteiger partial charge in [0.2, 0.25) is 0 Å². The fourth-order valence-electron chi connectivity index (χ4n) is 1.17. The quantitative estimate of drug-likeness (QED) is 0.763. The Morgan fingerprint density at radius 2 is 2.19 bits per heavy atom. The molecule has 0 radical (unpaired) electrons. The van der Waals surface area contributed by atoms with Crippen LogP contribution in [0.4, 0.5) is 0 Å². The molecule has 0 saturated heterocycles. The van der Waals surface area contributed by atoms with Crippen LogP contribution >= 0.6 is 11.6 Å². The van der Waals surface area contributed by atoms with Crippen molar-refractivity contribution in [2.45, 2.75) is 6.92 Å². The van der Waals surface area contributed by atoms with E-state index in [1.807, 2.05) is 0 Å². The van der Waals surface area contributed by atoms with Gasteiger partial charge >= 0.3 is 0 Å². The van der Waals surface area contributed by atoms with Gasteiger partial charge in [-0.15, -0.1) is 0 Å². The van der Waals surface area contributed by atoms with Gasteiger partial charge in [-0.1, -0.05) is 18.5 Å². The van der Waals surface area contributed by atoms with Crippen molar-refractivity contribution in [3.63, 3.8) is 0 Å². The van der Waals surface area contributed by atoms with Crippen LogP contribution in [0, 0.1) is 0 Å². The molecule has 0 fully saturated rings. The Bertz CT molecular complexity index is 418. The van der Waals surface area contributed by atoms with Gasteiger partial charge in [-0.05, 0) is 18.2 Å². The number of halogens is 1. The lowest BCUT2D eigenvalue weighted by molar-refractivity contribution is 0.102. The number of ether oxygens (including phenoxy) is 1.